The highest BCUT2D eigenvalue weighted by Gasteiger charge is 2.26. The third-order valence-corrected chi connectivity index (χ3v) is 5.63. The summed E-state index contributed by atoms with van der Waals surface area (Å²) in [4.78, 5) is 38.7. The van der Waals surface area contributed by atoms with Gasteiger partial charge in [-0.15, -0.1) is 0 Å². The van der Waals surface area contributed by atoms with E-state index in [1.54, 1.807) is 7.05 Å². The summed E-state index contributed by atoms with van der Waals surface area (Å²) in [6.07, 6.45) is 0.625. The molecule has 1 aromatic carbocycles. The third kappa shape index (κ3) is 9.70. The Morgan fingerprint density at radius 2 is 1.73 bits per heavy atom. The van der Waals surface area contributed by atoms with Gasteiger partial charge in [0.2, 0.25) is 0 Å². The van der Waals surface area contributed by atoms with Crippen LogP contribution in [0.4, 0.5) is 5.69 Å². The standard InChI is InChI=1S/C21H31N5O6S/c1-22-21(33)23-18-4-2-17(3-5-18)10-19-11-25(12-20(29)30)7-6-24(13-31-15-27)8-9-26(19)14-32-16-28/h2-5,15-16,19H,6-14H2,1H3,(H,29,30)(H2,22,23,33). The van der Waals surface area contributed by atoms with E-state index in [4.69, 9.17) is 21.7 Å². The molecule has 0 aliphatic carbocycles. The highest BCUT2D eigenvalue weighted by atomic mass is 32.1. The van der Waals surface area contributed by atoms with Crippen LogP contribution in [0.5, 0.6) is 0 Å². The molecule has 2 rings (SSSR count). The van der Waals surface area contributed by atoms with Crippen LogP contribution in [0.3, 0.4) is 0 Å². The first-order chi connectivity index (χ1) is 15.9. The number of hydrogen-bond acceptors (Lipinski definition) is 9. The van der Waals surface area contributed by atoms with Crippen molar-refractivity contribution >= 4 is 41.9 Å². The molecule has 1 aromatic rings. The lowest BCUT2D eigenvalue weighted by Crippen LogP contribution is -2.48. The van der Waals surface area contributed by atoms with Gasteiger partial charge in [0.1, 0.15) is 13.5 Å². The first-order valence-electron chi connectivity index (χ1n) is 10.5. The molecule has 182 valence electrons. The molecule has 1 unspecified atom stereocenters. The monoisotopic (exact) mass is 481 g/mol. The van der Waals surface area contributed by atoms with Crippen LogP contribution in [-0.4, -0.2) is 110 Å². The van der Waals surface area contributed by atoms with Crippen LogP contribution in [-0.2, 0) is 30.3 Å². The van der Waals surface area contributed by atoms with Gasteiger partial charge in [0.15, 0.2) is 5.11 Å². The Morgan fingerprint density at radius 3 is 2.36 bits per heavy atom. The largest absolute Gasteiger partial charge is 0.480 e. The Hall–Kier alpha value is -2.80. The molecule has 1 saturated heterocycles. The van der Waals surface area contributed by atoms with Crippen LogP contribution in [0.1, 0.15) is 5.56 Å². The smallest absolute Gasteiger partial charge is 0.317 e. The van der Waals surface area contributed by atoms with E-state index in [-0.39, 0.29) is 26.0 Å². The molecule has 0 amide bonds. The Balaban J connectivity index is 2.20. The summed E-state index contributed by atoms with van der Waals surface area (Å²) in [5.41, 5.74) is 1.90. The highest BCUT2D eigenvalue weighted by Crippen LogP contribution is 2.16. The summed E-state index contributed by atoms with van der Waals surface area (Å²) < 4.78 is 9.96. The number of carbonyl (C=O) groups excluding carboxylic acids is 2. The predicted octanol–water partition coefficient (Wildman–Crippen LogP) is -0.221. The lowest BCUT2D eigenvalue weighted by Gasteiger charge is -2.33. The summed E-state index contributed by atoms with van der Waals surface area (Å²) in [5.74, 6) is -0.921. The molecule has 33 heavy (non-hydrogen) atoms. The molecule has 1 fully saturated rings. The first-order valence-corrected chi connectivity index (χ1v) is 10.9. The van der Waals surface area contributed by atoms with Gasteiger partial charge in [-0.25, -0.2) is 0 Å². The van der Waals surface area contributed by atoms with Gasteiger partial charge in [0.25, 0.3) is 12.9 Å². The van der Waals surface area contributed by atoms with Crippen molar-refractivity contribution in [3.63, 3.8) is 0 Å². The number of anilines is 1. The second kappa shape index (κ2) is 14.4. The molecule has 1 heterocycles. The molecule has 1 atom stereocenters. The lowest BCUT2D eigenvalue weighted by atomic mass is 10.0. The number of nitrogens with zero attached hydrogens (tertiary/aromatic N) is 3. The van der Waals surface area contributed by atoms with Crippen molar-refractivity contribution in [3.8, 4) is 0 Å². The number of aliphatic carboxylic acids is 1. The zero-order chi connectivity index (χ0) is 24.1. The highest BCUT2D eigenvalue weighted by molar-refractivity contribution is 7.80. The molecular weight excluding hydrogens is 450 g/mol. The van der Waals surface area contributed by atoms with Gasteiger partial charge in [0, 0.05) is 51.5 Å². The van der Waals surface area contributed by atoms with Crippen LogP contribution in [0.25, 0.3) is 0 Å². The second-order valence-electron chi connectivity index (χ2n) is 7.60. The van der Waals surface area contributed by atoms with Crippen LogP contribution >= 0.6 is 12.2 Å². The Kier molecular flexibility index (Phi) is 11.5. The van der Waals surface area contributed by atoms with E-state index in [1.165, 1.54) is 0 Å². The van der Waals surface area contributed by atoms with E-state index >= 15 is 0 Å². The third-order valence-electron chi connectivity index (χ3n) is 5.32. The fourth-order valence-electron chi connectivity index (χ4n) is 3.63. The normalized spacial score (nSPS) is 18.3. The molecule has 1 aliphatic rings. The molecule has 0 bridgehead atoms. The van der Waals surface area contributed by atoms with Crippen molar-refractivity contribution in [3.05, 3.63) is 29.8 Å². The SMILES string of the molecule is CNC(=S)Nc1ccc(CC2CN(CC(=O)O)CCN(COC=O)CCN2COC=O)cc1. The molecular formula is C21H31N5O6S. The maximum atomic E-state index is 11.4. The Bertz CT molecular complexity index is 781. The van der Waals surface area contributed by atoms with Crippen LogP contribution in [0.15, 0.2) is 24.3 Å². The number of carbonyl (C=O) groups is 3. The Morgan fingerprint density at radius 1 is 1.09 bits per heavy atom. The number of nitrogens with one attached hydrogen (secondary N) is 2. The van der Waals surface area contributed by atoms with E-state index in [0.29, 0.717) is 57.2 Å². The maximum Gasteiger partial charge on any atom is 0.317 e. The molecule has 3 N–H and O–H groups in total. The number of benzene rings is 1. The summed E-state index contributed by atoms with van der Waals surface area (Å²) in [5, 5.41) is 15.8. The number of carboxylic acids is 1. The van der Waals surface area contributed by atoms with Crippen LogP contribution in [0.2, 0.25) is 0 Å². The van der Waals surface area contributed by atoms with Gasteiger partial charge in [-0.1, -0.05) is 12.1 Å². The minimum atomic E-state index is -0.921. The van der Waals surface area contributed by atoms with Gasteiger partial charge in [-0.05, 0) is 36.3 Å². The number of hydrogen-bond donors (Lipinski definition) is 3. The van der Waals surface area contributed by atoms with Gasteiger partial charge < -0.3 is 25.2 Å². The lowest BCUT2D eigenvalue weighted by molar-refractivity contribution is -0.138. The molecule has 12 heteroatoms. The predicted molar refractivity (Wildman–Crippen MR) is 126 cm³/mol. The summed E-state index contributed by atoms with van der Waals surface area (Å²) in [7, 11) is 1.74. The Labute approximate surface area is 198 Å². The van der Waals surface area contributed by atoms with E-state index in [0.717, 1.165) is 11.3 Å². The summed E-state index contributed by atoms with van der Waals surface area (Å²) in [6, 6.07) is 7.71. The van der Waals surface area contributed by atoms with Crippen molar-refractivity contribution in [1.82, 2.24) is 20.0 Å². The first kappa shape index (κ1) is 26.5. The molecule has 1 aliphatic heterocycles. The van der Waals surface area contributed by atoms with E-state index in [2.05, 4.69) is 10.6 Å². The molecule has 0 saturated carbocycles. The fraction of sp³-hybridized carbons (Fsp3) is 0.524. The number of rotatable bonds is 11. The van der Waals surface area contributed by atoms with Crippen molar-refractivity contribution in [2.45, 2.75) is 12.5 Å². The number of thiocarbonyl (C=S) groups is 1. The zero-order valence-corrected chi connectivity index (χ0v) is 19.5. The van der Waals surface area contributed by atoms with Gasteiger partial charge >= 0.3 is 5.97 Å². The average Bonchev–Trinajstić information content (AvgIpc) is 2.87. The van der Waals surface area contributed by atoms with E-state index in [1.807, 2.05) is 39.0 Å². The number of ether oxygens (including phenoxy) is 2. The van der Waals surface area contributed by atoms with E-state index in [9.17, 15) is 19.5 Å². The summed E-state index contributed by atoms with van der Waals surface area (Å²) >= 11 is 5.12. The number of carboxylic acid groups (broad SMARTS) is 1. The van der Waals surface area contributed by atoms with E-state index < -0.39 is 5.97 Å². The quantitative estimate of drug-likeness (QED) is 0.286. The minimum absolute atomic E-state index is 0.0769. The van der Waals surface area contributed by atoms with Gasteiger partial charge in [-0.2, -0.15) is 0 Å². The minimum Gasteiger partial charge on any atom is -0.480 e. The second-order valence-corrected chi connectivity index (χ2v) is 8.01. The molecule has 11 nitrogen and oxygen atoms in total. The molecule has 0 aromatic heterocycles. The average molecular weight is 482 g/mol. The van der Waals surface area contributed by atoms with Crippen molar-refractivity contribution in [1.29, 1.82) is 0 Å². The zero-order valence-electron chi connectivity index (χ0n) is 18.6. The topological polar surface area (TPSA) is 124 Å². The van der Waals surface area contributed by atoms with Crippen LogP contribution in [0, 0.1) is 0 Å². The van der Waals surface area contributed by atoms with Crippen molar-refractivity contribution in [2.24, 2.45) is 0 Å². The molecule has 0 spiro atoms. The van der Waals surface area contributed by atoms with Crippen LogP contribution < -0.4 is 10.6 Å². The summed E-state index contributed by atoms with van der Waals surface area (Å²) in [6.45, 7) is 3.49. The fourth-order valence-corrected chi connectivity index (χ4v) is 3.75. The molecule has 0 radical (unpaired) electrons. The van der Waals surface area contributed by atoms with Crippen molar-refractivity contribution < 1.29 is 29.0 Å². The maximum absolute atomic E-state index is 11.4. The van der Waals surface area contributed by atoms with Crippen molar-refractivity contribution in [2.75, 3.05) is 65.1 Å². The van der Waals surface area contributed by atoms with Gasteiger partial charge in [-0.3, -0.25) is 29.1 Å². The van der Waals surface area contributed by atoms with Gasteiger partial charge in [0.05, 0.1) is 6.54 Å².